The Hall–Kier alpha value is -1.21. The van der Waals surface area contributed by atoms with Crippen LogP contribution in [0, 0.1) is 6.92 Å². The van der Waals surface area contributed by atoms with Gasteiger partial charge in [-0.15, -0.1) is 10.2 Å². The van der Waals surface area contributed by atoms with Gasteiger partial charge in [-0.3, -0.25) is 10.1 Å². The fraction of sp³-hybridized carbons (Fsp3) is 0.300. The van der Waals surface area contributed by atoms with Crippen molar-refractivity contribution < 1.29 is 9.21 Å². The second kappa shape index (κ2) is 4.97. The van der Waals surface area contributed by atoms with Crippen LogP contribution in [0.15, 0.2) is 15.2 Å². The van der Waals surface area contributed by atoms with Crippen LogP contribution in [0.25, 0.3) is 0 Å². The largest absolute Gasteiger partial charge is 0.444 e. The molecule has 2 aromatic heterocycles. The Kier molecular flexibility index (Phi) is 3.58. The van der Waals surface area contributed by atoms with Crippen molar-refractivity contribution in [2.75, 3.05) is 5.32 Å². The van der Waals surface area contributed by atoms with Crippen molar-refractivity contribution in [2.24, 2.45) is 0 Å². The van der Waals surface area contributed by atoms with Gasteiger partial charge in [0.25, 0.3) is 5.91 Å². The van der Waals surface area contributed by atoms with Gasteiger partial charge in [-0.2, -0.15) is 0 Å². The van der Waals surface area contributed by atoms with Gasteiger partial charge in [0.2, 0.25) is 5.13 Å². The number of nitrogens with one attached hydrogen (secondary N) is 1. The zero-order valence-corrected chi connectivity index (χ0v) is 11.7. The molecule has 0 unspecified atom stereocenters. The minimum atomic E-state index is -0.313. The fourth-order valence-corrected chi connectivity index (χ4v) is 2.45. The summed E-state index contributed by atoms with van der Waals surface area (Å²) in [6.07, 6.45) is 0.804. The van der Waals surface area contributed by atoms with E-state index in [1.54, 1.807) is 13.0 Å². The molecule has 0 saturated heterocycles. The zero-order valence-electron chi connectivity index (χ0n) is 9.28. The number of hydrogen-bond donors (Lipinski definition) is 1. The third-order valence-corrected chi connectivity index (χ3v) is 3.46. The summed E-state index contributed by atoms with van der Waals surface area (Å²) in [6.45, 7) is 3.79. The van der Waals surface area contributed by atoms with Crippen LogP contribution in [0.4, 0.5) is 5.13 Å². The zero-order chi connectivity index (χ0) is 12.4. The summed E-state index contributed by atoms with van der Waals surface area (Å²) in [5.74, 6) is -0.0304. The van der Waals surface area contributed by atoms with E-state index in [0.717, 1.165) is 17.0 Å². The molecule has 5 nitrogen and oxygen atoms in total. The smallest absolute Gasteiger partial charge is 0.293 e. The molecule has 0 aliphatic heterocycles. The second-order valence-corrected chi connectivity index (χ2v) is 5.21. The van der Waals surface area contributed by atoms with Crippen molar-refractivity contribution in [1.29, 1.82) is 0 Å². The molecule has 0 fully saturated rings. The Morgan fingerprint density at radius 2 is 2.35 bits per heavy atom. The maximum absolute atomic E-state index is 11.9. The number of carbonyl (C=O) groups is 1. The number of aryl methyl sites for hydroxylation is 2. The average molecular weight is 316 g/mol. The molecule has 2 rings (SSSR count). The Morgan fingerprint density at radius 1 is 1.59 bits per heavy atom. The third-order valence-electron chi connectivity index (χ3n) is 2.08. The molecule has 1 N–H and O–H groups in total. The minimum Gasteiger partial charge on any atom is -0.444 e. The van der Waals surface area contributed by atoms with Gasteiger partial charge in [-0.1, -0.05) is 18.3 Å². The summed E-state index contributed by atoms with van der Waals surface area (Å²) in [4.78, 5) is 11.9. The first-order chi connectivity index (χ1) is 8.10. The number of rotatable bonds is 3. The highest BCUT2D eigenvalue weighted by Crippen LogP contribution is 2.22. The number of nitrogens with zero attached hydrogens (tertiary/aromatic N) is 2. The first kappa shape index (κ1) is 12.3. The van der Waals surface area contributed by atoms with Crippen LogP contribution in [0.3, 0.4) is 0 Å². The molecule has 2 aromatic rings. The number of furan rings is 1. The van der Waals surface area contributed by atoms with Gasteiger partial charge in [0.1, 0.15) is 5.01 Å². The predicted octanol–water partition coefficient (Wildman–Crippen LogP) is 3.02. The van der Waals surface area contributed by atoms with Crippen molar-refractivity contribution >= 4 is 38.3 Å². The van der Waals surface area contributed by atoms with Gasteiger partial charge >= 0.3 is 0 Å². The van der Waals surface area contributed by atoms with Gasteiger partial charge in [0.05, 0.1) is 0 Å². The van der Waals surface area contributed by atoms with E-state index >= 15 is 0 Å². The van der Waals surface area contributed by atoms with Crippen molar-refractivity contribution in [1.82, 2.24) is 10.2 Å². The molecule has 2 heterocycles. The van der Waals surface area contributed by atoms with Crippen molar-refractivity contribution in [2.45, 2.75) is 20.3 Å². The van der Waals surface area contributed by atoms with Gasteiger partial charge < -0.3 is 4.42 Å². The molecule has 0 atom stereocenters. The lowest BCUT2D eigenvalue weighted by molar-refractivity contribution is 0.0994. The van der Waals surface area contributed by atoms with E-state index < -0.39 is 0 Å². The van der Waals surface area contributed by atoms with E-state index in [9.17, 15) is 4.79 Å². The van der Waals surface area contributed by atoms with Crippen LogP contribution in [-0.4, -0.2) is 16.1 Å². The SMILES string of the molecule is CCc1nnc(NC(=O)c2oc(Br)cc2C)s1. The summed E-state index contributed by atoms with van der Waals surface area (Å²) in [6, 6.07) is 1.74. The molecule has 1 amide bonds. The highest BCUT2D eigenvalue weighted by molar-refractivity contribution is 9.10. The number of hydrogen-bond acceptors (Lipinski definition) is 5. The van der Waals surface area contributed by atoms with Crippen LogP contribution in [0.5, 0.6) is 0 Å². The topological polar surface area (TPSA) is 68.0 Å². The third kappa shape index (κ3) is 2.73. The van der Waals surface area contributed by atoms with Gasteiger partial charge in [0.15, 0.2) is 10.4 Å². The number of halogens is 1. The molecule has 0 aliphatic carbocycles. The van der Waals surface area contributed by atoms with Crippen molar-refractivity contribution in [3.8, 4) is 0 Å². The molecule has 0 spiro atoms. The summed E-state index contributed by atoms with van der Waals surface area (Å²) >= 11 is 4.54. The average Bonchev–Trinajstić information content (AvgIpc) is 2.85. The fourth-order valence-electron chi connectivity index (χ4n) is 1.27. The van der Waals surface area contributed by atoms with E-state index in [1.807, 2.05) is 6.92 Å². The van der Waals surface area contributed by atoms with Crippen LogP contribution in [0.2, 0.25) is 0 Å². The molecule has 0 aromatic carbocycles. The van der Waals surface area contributed by atoms with E-state index in [4.69, 9.17) is 4.42 Å². The lowest BCUT2D eigenvalue weighted by atomic mass is 10.3. The van der Waals surface area contributed by atoms with E-state index in [0.29, 0.717) is 9.80 Å². The van der Waals surface area contributed by atoms with Crippen LogP contribution < -0.4 is 5.32 Å². The van der Waals surface area contributed by atoms with Crippen LogP contribution >= 0.6 is 27.3 Å². The molecule has 0 bridgehead atoms. The molecule has 0 aliphatic rings. The molecule has 0 radical (unpaired) electrons. The summed E-state index contributed by atoms with van der Waals surface area (Å²) in [7, 11) is 0. The number of carbonyl (C=O) groups excluding carboxylic acids is 1. The molecule has 90 valence electrons. The lowest BCUT2D eigenvalue weighted by Crippen LogP contribution is -2.11. The summed E-state index contributed by atoms with van der Waals surface area (Å²) < 4.78 is 5.78. The molecular weight excluding hydrogens is 306 g/mol. The number of aromatic nitrogens is 2. The number of anilines is 1. The van der Waals surface area contributed by atoms with E-state index in [2.05, 4.69) is 31.4 Å². The summed E-state index contributed by atoms with van der Waals surface area (Å²) in [5.41, 5.74) is 0.773. The number of amides is 1. The van der Waals surface area contributed by atoms with E-state index in [1.165, 1.54) is 11.3 Å². The Balaban J connectivity index is 2.14. The lowest BCUT2D eigenvalue weighted by Gasteiger charge is -1.97. The first-order valence-electron chi connectivity index (χ1n) is 4.99. The highest BCUT2D eigenvalue weighted by Gasteiger charge is 2.16. The first-order valence-corrected chi connectivity index (χ1v) is 6.60. The molecule has 17 heavy (non-hydrogen) atoms. The summed E-state index contributed by atoms with van der Waals surface area (Å²) in [5, 5.41) is 11.8. The van der Waals surface area contributed by atoms with Gasteiger partial charge in [0, 0.05) is 5.56 Å². The Labute approximate surface area is 110 Å². The van der Waals surface area contributed by atoms with Crippen molar-refractivity contribution in [3.05, 3.63) is 27.1 Å². The second-order valence-electron chi connectivity index (χ2n) is 3.37. The monoisotopic (exact) mass is 315 g/mol. The van der Waals surface area contributed by atoms with Crippen molar-refractivity contribution in [3.63, 3.8) is 0 Å². The quantitative estimate of drug-likeness (QED) is 0.945. The Bertz CT molecular complexity index is 549. The van der Waals surface area contributed by atoms with Gasteiger partial charge in [-0.05, 0) is 35.3 Å². The maximum atomic E-state index is 11.9. The Morgan fingerprint density at radius 3 is 2.88 bits per heavy atom. The molecular formula is C10H10BrN3O2S. The normalized spacial score (nSPS) is 10.5. The molecule has 0 saturated carbocycles. The van der Waals surface area contributed by atoms with Crippen LogP contribution in [0.1, 0.15) is 28.0 Å². The van der Waals surface area contributed by atoms with Crippen LogP contribution in [-0.2, 0) is 6.42 Å². The predicted molar refractivity (Wildman–Crippen MR) is 68.4 cm³/mol. The maximum Gasteiger partial charge on any atom is 0.293 e. The molecule has 7 heteroatoms. The van der Waals surface area contributed by atoms with Gasteiger partial charge in [-0.25, -0.2) is 0 Å². The standard InChI is InChI=1S/C10H10BrN3O2S/c1-3-7-13-14-10(17-7)12-9(15)8-5(2)4-6(11)16-8/h4H,3H2,1-2H3,(H,12,14,15). The highest BCUT2D eigenvalue weighted by atomic mass is 79.9. The van der Waals surface area contributed by atoms with E-state index in [-0.39, 0.29) is 11.7 Å². The minimum absolute atomic E-state index is 0.283.